The van der Waals surface area contributed by atoms with Crippen molar-refractivity contribution in [1.29, 1.82) is 0 Å². The molecule has 0 bridgehead atoms. The van der Waals surface area contributed by atoms with E-state index in [-0.39, 0.29) is 12.5 Å². The lowest BCUT2D eigenvalue weighted by molar-refractivity contribution is -0.115. The first kappa shape index (κ1) is 21.4. The molecule has 0 aromatic heterocycles. The number of rotatable bonds is 11. The van der Waals surface area contributed by atoms with Crippen molar-refractivity contribution >= 4 is 11.6 Å². The number of nitrogens with one attached hydrogen (secondary N) is 2. The molecule has 0 heterocycles. The first-order valence-electron chi connectivity index (χ1n) is 10.1. The fourth-order valence-corrected chi connectivity index (χ4v) is 3.01. The first-order valence-corrected chi connectivity index (χ1v) is 10.1. The Kier molecular flexibility index (Phi) is 8.30. The predicted molar refractivity (Wildman–Crippen MR) is 120 cm³/mol. The van der Waals surface area contributed by atoms with Crippen LogP contribution in [0, 0.1) is 0 Å². The van der Waals surface area contributed by atoms with Crippen molar-refractivity contribution < 1.29 is 14.3 Å². The third-order valence-electron chi connectivity index (χ3n) is 4.63. The van der Waals surface area contributed by atoms with Gasteiger partial charge in [-0.3, -0.25) is 4.79 Å². The lowest BCUT2D eigenvalue weighted by Gasteiger charge is -2.09. The highest BCUT2D eigenvalue weighted by atomic mass is 16.5. The van der Waals surface area contributed by atoms with E-state index >= 15 is 0 Å². The molecule has 3 aromatic carbocycles. The van der Waals surface area contributed by atoms with E-state index in [4.69, 9.17) is 9.47 Å². The van der Waals surface area contributed by atoms with Crippen molar-refractivity contribution in [3.05, 3.63) is 90.0 Å². The molecule has 5 nitrogen and oxygen atoms in total. The fraction of sp³-hybridized carbons (Fsp3) is 0.240. The van der Waals surface area contributed by atoms with Crippen molar-refractivity contribution in [3.63, 3.8) is 0 Å². The number of hydrogen-bond acceptors (Lipinski definition) is 4. The second-order valence-corrected chi connectivity index (χ2v) is 6.96. The minimum atomic E-state index is -0.0833. The Morgan fingerprint density at radius 1 is 0.833 bits per heavy atom. The van der Waals surface area contributed by atoms with Crippen LogP contribution in [-0.4, -0.2) is 26.2 Å². The zero-order valence-electron chi connectivity index (χ0n) is 17.3. The summed E-state index contributed by atoms with van der Waals surface area (Å²) in [7, 11) is 1.64. The maximum atomic E-state index is 12.1. The largest absolute Gasteiger partial charge is 0.497 e. The van der Waals surface area contributed by atoms with Crippen molar-refractivity contribution in [1.82, 2.24) is 5.32 Å². The average Bonchev–Trinajstić information content (AvgIpc) is 2.79. The number of anilines is 1. The highest BCUT2D eigenvalue weighted by Gasteiger charge is 2.03. The molecule has 0 saturated heterocycles. The van der Waals surface area contributed by atoms with Gasteiger partial charge in [-0.05, 0) is 60.4 Å². The molecule has 156 valence electrons. The summed E-state index contributed by atoms with van der Waals surface area (Å²) in [6.45, 7) is 1.52. The minimum absolute atomic E-state index is 0.0833. The molecule has 0 aliphatic heterocycles. The number of amides is 1. The second-order valence-electron chi connectivity index (χ2n) is 6.96. The molecule has 0 fully saturated rings. The average molecular weight is 405 g/mol. The molecular formula is C25H28N2O3. The van der Waals surface area contributed by atoms with Gasteiger partial charge in [-0.2, -0.15) is 0 Å². The first-order chi connectivity index (χ1) is 14.7. The summed E-state index contributed by atoms with van der Waals surface area (Å²) < 4.78 is 10.9. The van der Waals surface area contributed by atoms with E-state index < -0.39 is 0 Å². The second kappa shape index (κ2) is 11.6. The molecule has 0 aliphatic rings. The van der Waals surface area contributed by atoms with E-state index in [1.54, 1.807) is 7.11 Å². The maximum Gasteiger partial charge on any atom is 0.238 e. The topological polar surface area (TPSA) is 59.6 Å². The van der Waals surface area contributed by atoms with Crippen LogP contribution < -0.4 is 20.1 Å². The molecule has 5 heteroatoms. The molecule has 0 atom stereocenters. The highest BCUT2D eigenvalue weighted by molar-refractivity contribution is 5.92. The lowest BCUT2D eigenvalue weighted by Crippen LogP contribution is -2.27. The molecule has 2 N–H and O–H groups in total. The molecule has 3 rings (SSSR count). The summed E-state index contributed by atoms with van der Waals surface area (Å²) in [5, 5.41) is 6.03. The van der Waals surface area contributed by atoms with Crippen molar-refractivity contribution in [2.75, 3.05) is 25.6 Å². The number of carbonyl (C=O) groups excluding carboxylic acids is 1. The van der Waals surface area contributed by atoms with E-state index in [0.717, 1.165) is 35.6 Å². The van der Waals surface area contributed by atoms with Crippen molar-refractivity contribution in [3.8, 4) is 11.5 Å². The fourth-order valence-electron chi connectivity index (χ4n) is 3.01. The van der Waals surface area contributed by atoms with Crippen LogP contribution in [0.3, 0.4) is 0 Å². The SMILES string of the molecule is COc1ccc(CNCC(=O)Nc2ccc(OCCCc3ccccc3)cc2)cc1. The number of methoxy groups -OCH3 is 1. The van der Waals surface area contributed by atoms with Gasteiger partial charge in [0.25, 0.3) is 0 Å². The summed E-state index contributed by atoms with van der Waals surface area (Å²) in [6, 6.07) is 25.6. The van der Waals surface area contributed by atoms with Gasteiger partial charge >= 0.3 is 0 Å². The number of aryl methyl sites for hydroxylation is 1. The Labute approximate surface area is 178 Å². The Morgan fingerprint density at radius 2 is 1.53 bits per heavy atom. The van der Waals surface area contributed by atoms with E-state index in [0.29, 0.717) is 13.2 Å². The van der Waals surface area contributed by atoms with Gasteiger partial charge in [0, 0.05) is 12.2 Å². The summed E-state index contributed by atoms with van der Waals surface area (Å²) >= 11 is 0. The quantitative estimate of drug-likeness (QED) is 0.464. The highest BCUT2D eigenvalue weighted by Crippen LogP contribution is 2.16. The summed E-state index contributed by atoms with van der Waals surface area (Å²) in [5.41, 5.74) is 3.17. The predicted octanol–water partition coefficient (Wildman–Crippen LogP) is 4.44. The third-order valence-corrected chi connectivity index (χ3v) is 4.63. The molecule has 30 heavy (non-hydrogen) atoms. The molecule has 0 saturated carbocycles. The van der Waals surface area contributed by atoms with E-state index in [9.17, 15) is 4.79 Å². The molecule has 0 radical (unpaired) electrons. The van der Waals surface area contributed by atoms with Crippen LogP contribution in [0.1, 0.15) is 17.5 Å². The van der Waals surface area contributed by atoms with Crippen LogP contribution in [-0.2, 0) is 17.8 Å². The van der Waals surface area contributed by atoms with Gasteiger partial charge in [0.05, 0.1) is 20.3 Å². The molecule has 1 amide bonds. The normalized spacial score (nSPS) is 10.4. The lowest BCUT2D eigenvalue weighted by atomic mass is 10.1. The van der Waals surface area contributed by atoms with Gasteiger partial charge < -0.3 is 20.1 Å². The number of benzene rings is 3. The smallest absolute Gasteiger partial charge is 0.238 e. The van der Waals surface area contributed by atoms with Gasteiger partial charge in [0.1, 0.15) is 11.5 Å². The maximum absolute atomic E-state index is 12.1. The molecule has 0 unspecified atom stereocenters. The zero-order chi connectivity index (χ0) is 21.0. The van der Waals surface area contributed by atoms with Crippen molar-refractivity contribution in [2.45, 2.75) is 19.4 Å². The molecular weight excluding hydrogens is 376 g/mol. The van der Waals surface area contributed by atoms with Crippen LogP contribution in [0.2, 0.25) is 0 Å². The van der Waals surface area contributed by atoms with E-state index in [1.165, 1.54) is 5.56 Å². The Morgan fingerprint density at radius 3 is 2.23 bits per heavy atom. The Hall–Kier alpha value is -3.31. The summed E-state index contributed by atoms with van der Waals surface area (Å²) in [4.78, 5) is 12.1. The zero-order valence-corrected chi connectivity index (χ0v) is 17.3. The van der Waals surface area contributed by atoms with E-state index in [2.05, 4.69) is 34.9 Å². The number of ether oxygens (including phenoxy) is 2. The van der Waals surface area contributed by atoms with Gasteiger partial charge in [0.15, 0.2) is 0 Å². The van der Waals surface area contributed by atoms with Crippen LogP contribution in [0.4, 0.5) is 5.69 Å². The van der Waals surface area contributed by atoms with Crippen LogP contribution >= 0.6 is 0 Å². The van der Waals surface area contributed by atoms with Gasteiger partial charge in [-0.15, -0.1) is 0 Å². The minimum Gasteiger partial charge on any atom is -0.497 e. The summed E-state index contributed by atoms with van der Waals surface area (Å²) in [5.74, 6) is 1.54. The molecule has 3 aromatic rings. The van der Waals surface area contributed by atoms with Gasteiger partial charge in [0.2, 0.25) is 5.91 Å². The van der Waals surface area contributed by atoms with Crippen molar-refractivity contribution in [2.24, 2.45) is 0 Å². The summed E-state index contributed by atoms with van der Waals surface area (Å²) in [6.07, 6.45) is 1.96. The monoisotopic (exact) mass is 404 g/mol. The van der Waals surface area contributed by atoms with Gasteiger partial charge in [-0.1, -0.05) is 42.5 Å². The van der Waals surface area contributed by atoms with E-state index in [1.807, 2.05) is 54.6 Å². The number of carbonyl (C=O) groups is 1. The third kappa shape index (κ3) is 7.26. The standard InChI is InChI=1S/C25H28N2O3/c1-29-23-13-9-21(10-14-23)18-26-19-25(28)27-22-11-15-24(16-12-22)30-17-5-8-20-6-3-2-4-7-20/h2-4,6-7,9-16,26H,5,8,17-19H2,1H3,(H,27,28). The molecule has 0 spiro atoms. The van der Waals surface area contributed by atoms with Gasteiger partial charge in [-0.25, -0.2) is 0 Å². The Balaban J connectivity index is 1.33. The van der Waals surface area contributed by atoms with Crippen LogP contribution in [0.15, 0.2) is 78.9 Å². The number of hydrogen-bond donors (Lipinski definition) is 2. The Bertz CT molecular complexity index is 894. The van der Waals surface area contributed by atoms with Crippen LogP contribution in [0.25, 0.3) is 0 Å². The van der Waals surface area contributed by atoms with Crippen LogP contribution in [0.5, 0.6) is 11.5 Å². The molecule has 0 aliphatic carbocycles.